The number of carbonyl (C=O) groups excluding carboxylic acids is 1. The number of anilines is 1. The minimum absolute atomic E-state index is 0.386. The maximum atomic E-state index is 12.0. The Morgan fingerprint density at radius 2 is 2.11 bits per heavy atom. The molecule has 1 amide bonds. The summed E-state index contributed by atoms with van der Waals surface area (Å²) in [6.07, 6.45) is 3.16. The molecule has 0 unspecified atom stereocenters. The van der Waals surface area contributed by atoms with Crippen LogP contribution in [-0.2, 0) is 4.74 Å². The summed E-state index contributed by atoms with van der Waals surface area (Å²) in [5.74, 6) is 0. The number of hydrogen-bond acceptors (Lipinski definition) is 3. The van der Waals surface area contributed by atoms with Gasteiger partial charge in [-0.1, -0.05) is 0 Å². The van der Waals surface area contributed by atoms with Gasteiger partial charge in [0.2, 0.25) is 0 Å². The molecule has 102 valence electrons. The Bertz CT molecular complexity index is 616. The molecule has 19 heavy (non-hydrogen) atoms. The molecule has 0 radical (unpaired) electrons. The van der Waals surface area contributed by atoms with E-state index >= 15 is 0 Å². The van der Waals surface area contributed by atoms with Gasteiger partial charge in [0.05, 0.1) is 11.9 Å². The summed E-state index contributed by atoms with van der Waals surface area (Å²) < 4.78 is 8.02. The van der Waals surface area contributed by atoms with Gasteiger partial charge in [0.25, 0.3) is 0 Å². The van der Waals surface area contributed by atoms with Gasteiger partial charge in [-0.15, -0.1) is 0 Å². The average molecular weight is 326 g/mol. The van der Waals surface area contributed by atoms with Crippen molar-refractivity contribution in [2.75, 3.05) is 11.9 Å². The van der Waals surface area contributed by atoms with Crippen LogP contribution in [0.3, 0.4) is 0 Å². The Morgan fingerprint density at radius 3 is 2.74 bits per heavy atom. The monoisotopic (exact) mass is 325 g/mol. The molecule has 2 rings (SSSR count). The molecule has 0 aliphatic rings. The van der Waals surface area contributed by atoms with E-state index in [2.05, 4.69) is 20.9 Å². The summed E-state index contributed by atoms with van der Waals surface area (Å²) in [6.45, 7) is 5.52. The number of fused-ring (bicyclic) bond motifs is 1. The van der Waals surface area contributed by atoms with Crippen LogP contribution < -0.4 is 4.90 Å². The highest BCUT2D eigenvalue weighted by Gasteiger charge is 2.20. The van der Waals surface area contributed by atoms with E-state index in [1.165, 1.54) is 4.90 Å². The lowest BCUT2D eigenvalue weighted by Gasteiger charge is -2.24. The Balaban J connectivity index is 2.28. The zero-order chi connectivity index (χ0) is 14.2. The summed E-state index contributed by atoms with van der Waals surface area (Å²) in [5.41, 5.74) is 1.04. The van der Waals surface area contributed by atoms with Gasteiger partial charge < -0.3 is 4.74 Å². The number of pyridine rings is 1. The average Bonchev–Trinajstić information content (AvgIpc) is 2.67. The molecular weight excluding hydrogens is 310 g/mol. The van der Waals surface area contributed by atoms with E-state index in [0.29, 0.717) is 0 Å². The second-order valence-electron chi connectivity index (χ2n) is 5.24. The highest BCUT2D eigenvalue weighted by molar-refractivity contribution is 9.10. The predicted molar refractivity (Wildman–Crippen MR) is 77.5 cm³/mol. The fourth-order valence-electron chi connectivity index (χ4n) is 1.57. The number of carbonyl (C=O) groups is 1. The molecule has 0 aliphatic carbocycles. The van der Waals surface area contributed by atoms with Crippen molar-refractivity contribution in [3.05, 3.63) is 29.1 Å². The number of aromatic nitrogens is 2. The third-order valence-electron chi connectivity index (χ3n) is 2.50. The van der Waals surface area contributed by atoms with Crippen molar-refractivity contribution in [3.8, 4) is 0 Å². The smallest absolute Gasteiger partial charge is 0.414 e. The van der Waals surface area contributed by atoms with Crippen molar-refractivity contribution < 1.29 is 9.53 Å². The standard InChI is InChI=1S/C13H16BrN3O2/c1-13(2,3)19-12(18)16(4)9-5-6-11-15-7-10(14)17(11)8-9/h5-8H,1-4H3. The van der Waals surface area contributed by atoms with Crippen molar-refractivity contribution in [2.24, 2.45) is 0 Å². The molecule has 0 aromatic carbocycles. The molecule has 2 aromatic heterocycles. The number of ether oxygens (including phenoxy) is 1. The molecule has 0 saturated heterocycles. The van der Waals surface area contributed by atoms with Gasteiger partial charge in [0, 0.05) is 13.2 Å². The SMILES string of the molecule is CN(C(=O)OC(C)(C)C)c1ccc2ncc(Br)n2c1. The highest BCUT2D eigenvalue weighted by atomic mass is 79.9. The first-order valence-corrected chi connectivity index (χ1v) is 6.66. The third-order valence-corrected chi connectivity index (χ3v) is 3.09. The Hall–Kier alpha value is -1.56. The Labute approximate surface area is 120 Å². The van der Waals surface area contributed by atoms with E-state index in [1.807, 2.05) is 43.5 Å². The van der Waals surface area contributed by atoms with E-state index < -0.39 is 5.60 Å². The molecule has 2 heterocycles. The van der Waals surface area contributed by atoms with Gasteiger partial charge in [-0.3, -0.25) is 9.30 Å². The van der Waals surface area contributed by atoms with Gasteiger partial charge in [-0.2, -0.15) is 0 Å². The lowest BCUT2D eigenvalue weighted by Crippen LogP contribution is -2.34. The van der Waals surface area contributed by atoms with E-state index in [1.54, 1.807) is 13.2 Å². The number of nitrogens with zero attached hydrogens (tertiary/aromatic N) is 3. The first kappa shape index (κ1) is 13.9. The summed E-state index contributed by atoms with van der Waals surface area (Å²) in [4.78, 5) is 17.7. The zero-order valence-corrected chi connectivity index (χ0v) is 12.9. The molecule has 0 saturated carbocycles. The van der Waals surface area contributed by atoms with Crippen molar-refractivity contribution >= 4 is 33.4 Å². The predicted octanol–water partition coefficient (Wildman–Crippen LogP) is 3.47. The summed E-state index contributed by atoms with van der Waals surface area (Å²) >= 11 is 3.40. The van der Waals surface area contributed by atoms with Crippen LogP contribution >= 0.6 is 15.9 Å². The first-order chi connectivity index (χ1) is 8.78. The maximum absolute atomic E-state index is 12.0. The summed E-state index contributed by atoms with van der Waals surface area (Å²) in [5, 5.41) is 0. The van der Waals surface area contributed by atoms with Gasteiger partial charge in [0.1, 0.15) is 15.9 Å². The maximum Gasteiger partial charge on any atom is 0.414 e. The van der Waals surface area contributed by atoms with Crippen LogP contribution in [0.4, 0.5) is 10.5 Å². The van der Waals surface area contributed by atoms with E-state index in [9.17, 15) is 4.79 Å². The topological polar surface area (TPSA) is 46.8 Å². The summed E-state index contributed by atoms with van der Waals surface area (Å²) in [6, 6.07) is 3.68. The van der Waals surface area contributed by atoms with E-state index in [4.69, 9.17) is 4.74 Å². The lowest BCUT2D eigenvalue weighted by atomic mass is 10.2. The van der Waals surface area contributed by atoms with Crippen LogP contribution in [0.25, 0.3) is 5.65 Å². The molecule has 0 spiro atoms. The Morgan fingerprint density at radius 1 is 1.42 bits per heavy atom. The first-order valence-electron chi connectivity index (χ1n) is 5.87. The Kier molecular flexibility index (Phi) is 3.54. The number of hydrogen-bond donors (Lipinski definition) is 0. The van der Waals surface area contributed by atoms with Crippen LogP contribution in [-0.4, -0.2) is 28.1 Å². The van der Waals surface area contributed by atoms with Crippen LogP contribution in [0, 0.1) is 0 Å². The quantitative estimate of drug-likeness (QED) is 0.806. The molecule has 0 aliphatic heterocycles. The van der Waals surface area contributed by atoms with Crippen LogP contribution in [0.1, 0.15) is 20.8 Å². The number of rotatable bonds is 1. The highest BCUT2D eigenvalue weighted by Crippen LogP contribution is 2.20. The van der Waals surface area contributed by atoms with Crippen molar-refractivity contribution in [3.63, 3.8) is 0 Å². The molecule has 5 nitrogen and oxygen atoms in total. The number of imidazole rings is 1. The minimum atomic E-state index is -0.509. The largest absolute Gasteiger partial charge is 0.443 e. The molecular formula is C13H16BrN3O2. The second-order valence-corrected chi connectivity index (χ2v) is 6.05. The fraction of sp³-hybridized carbons (Fsp3) is 0.385. The molecule has 2 aromatic rings. The summed E-state index contributed by atoms with van der Waals surface area (Å²) in [7, 11) is 1.68. The molecule has 0 fully saturated rings. The van der Waals surface area contributed by atoms with E-state index in [-0.39, 0.29) is 6.09 Å². The number of amides is 1. The normalized spacial score (nSPS) is 11.6. The number of halogens is 1. The molecule has 0 bridgehead atoms. The minimum Gasteiger partial charge on any atom is -0.443 e. The van der Waals surface area contributed by atoms with Crippen LogP contribution in [0.5, 0.6) is 0 Å². The zero-order valence-electron chi connectivity index (χ0n) is 11.3. The third kappa shape index (κ3) is 3.07. The van der Waals surface area contributed by atoms with Gasteiger partial charge >= 0.3 is 6.09 Å². The van der Waals surface area contributed by atoms with Crippen LogP contribution in [0.15, 0.2) is 29.1 Å². The van der Waals surface area contributed by atoms with Gasteiger partial charge in [-0.05, 0) is 48.8 Å². The van der Waals surface area contributed by atoms with Crippen molar-refractivity contribution in [2.45, 2.75) is 26.4 Å². The second kappa shape index (κ2) is 4.85. The van der Waals surface area contributed by atoms with Gasteiger partial charge in [-0.25, -0.2) is 9.78 Å². The molecule has 0 atom stereocenters. The fourth-order valence-corrected chi connectivity index (χ4v) is 1.96. The van der Waals surface area contributed by atoms with Gasteiger partial charge in [0.15, 0.2) is 0 Å². The lowest BCUT2D eigenvalue weighted by molar-refractivity contribution is 0.0589. The molecule has 0 N–H and O–H groups in total. The molecule has 6 heteroatoms. The van der Waals surface area contributed by atoms with Crippen LogP contribution in [0.2, 0.25) is 0 Å². The van der Waals surface area contributed by atoms with Crippen molar-refractivity contribution in [1.29, 1.82) is 0 Å². The van der Waals surface area contributed by atoms with Crippen molar-refractivity contribution in [1.82, 2.24) is 9.38 Å². The van der Waals surface area contributed by atoms with E-state index in [0.717, 1.165) is 15.9 Å².